The van der Waals surface area contributed by atoms with Gasteiger partial charge >= 0.3 is 5.97 Å². The van der Waals surface area contributed by atoms with Crippen LogP contribution < -0.4 is 0 Å². The molecule has 13 heavy (non-hydrogen) atoms. The van der Waals surface area contributed by atoms with Crippen molar-refractivity contribution in [2.24, 2.45) is 0 Å². The number of hydrogen-bond acceptors (Lipinski definition) is 1. The van der Waals surface area contributed by atoms with E-state index < -0.39 is 5.97 Å². The number of carboxylic acids is 1. The zero-order valence-electron chi connectivity index (χ0n) is 7.89. The summed E-state index contributed by atoms with van der Waals surface area (Å²) in [7, 11) is 0. The topological polar surface area (TPSA) is 37.3 Å². The second-order valence-corrected chi connectivity index (χ2v) is 2.60. The van der Waals surface area contributed by atoms with Gasteiger partial charge in [-0.15, -0.1) is 0 Å². The van der Waals surface area contributed by atoms with Crippen molar-refractivity contribution in [2.45, 2.75) is 39.0 Å². The van der Waals surface area contributed by atoms with E-state index in [1.165, 1.54) is 0 Å². The highest BCUT2D eigenvalue weighted by Gasteiger charge is 1.92. The third-order valence-corrected chi connectivity index (χ3v) is 1.31. The quantitative estimate of drug-likeness (QED) is 0.528. The maximum atomic E-state index is 10.1. The molecule has 0 saturated carbocycles. The van der Waals surface area contributed by atoms with Gasteiger partial charge in [0.1, 0.15) is 0 Å². The molecule has 0 aliphatic carbocycles. The zero-order chi connectivity index (χ0) is 9.94. The fourth-order valence-electron chi connectivity index (χ4n) is 0.666. The lowest BCUT2D eigenvalue weighted by Crippen LogP contribution is -1.92. The summed E-state index contributed by atoms with van der Waals surface area (Å²) in [5.41, 5.74) is 0. The van der Waals surface area contributed by atoms with Crippen LogP contribution in [0.4, 0.5) is 0 Å². The summed E-state index contributed by atoms with van der Waals surface area (Å²) < 4.78 is 0. The predicted molar refractivity (Wildman–Crippen MR) is 51.9 cm³/mol. The minimum Gasteiger partial charge on any atom is -0.481 e. The summed E-state index contributed by atoms with van der Waals surface area (Å²) in [6.07, 6.45) is 3.35. The summed E-state index contributed by atoms with van der Waals surface area (Å²) in [6, 6.07) is 0. The van der Waals surface area contributed by atoms with Crippen LogP contribution in [0.2, 0.25) is 0 Å². The third-order valence-electron chi connectivity index (χ3n) is 1.31. The van der Waals surface area contributed by atoms with Gasteiger partial charge in [-0.2, -0.15) is 0 Å². The van der Waals surface area contributed by atoms with Gasteiger partial charge in [-0.25, -0.2) is 0 Å². The minimum absolute atomic E-state index is 0.192. The molecule has 1 N–H and O–H groups in total. The van der Waals surface area contributed by atoms with Gasteiger partial charge in [0, 0.05) is 19.3 Å². The number of carboxylic acid groups (broad SMARTS) is 1. The Morgan fingerprint density at radius 3 is 2.38 bits per heavy atom. The van der Waals surface area contributed by atoms with Crippen LogP contribution in [0.25, 0.3) is 0 Å². The first kappa shape index (κ1) is 11.6. The molecule has 70 valence electrons. The normalized spacial score (nSPS) is 7.77. The molecule has 0 aromatic heterocycles. The standard InChI is InChI=1S/C11H14O2/c1-2-3-4-5-6-7-8-9-10-11(12)13/h2-3,8-10H2,1H3,(H,12,13). The zero-order valence-corrected chi connectivity index (χ0v) is 7.89. The Balaban J connectivity index is 3.41. The molecule has 0 aliphatic rings. The number of carbonyl (C=O) groups is 1. The molecule has 0 atom stereocenters. The van der Waals surface area contributed by atoms with Crippen LogP contribution in [0.3, 0.4) is 0 Å². The van der Waals surface area contributed by atoms with Gasteiger partial charge in [0.15, 0.2) is 0 Å². The van der Waals surface area contributed by atoms with E-state index in [0.29, 0.717) is 12.8 Å². The number of hydrogen-bond donors (Lipinski definition) is 1. The lowest BCUT2D eigenvalue weighted by Gasteiger charge is -1.86. The van der Waals surface area contributed by atoms with Gasteiger partial charge in [0.05, 0.1) is 0 Å². The summed E-state index contributed by atoms with van der Waals surface area (Å²) in [4.78, 5) is 10.1. The molecule has 0 unspecified atom stereocenters. The van der Waals surface area contributed by atoms with Gasteiger partial charge in [-0.05, 0) is 24.7 Å². The van der Waals surface area contributed by atoms with Crippen LogP contribution in [-0.2, 0) is 4.79 Å². The van der Waals surface area contributed by atoms with Crippen LogP contribution in [0.15, 0.2) is 0 Å². The molecule has 0 amide bonds. The molecule has 2 nitrogen and oxygen atoms in total. The predicted octanol–water partition coefficient (Wildman–Crippen LogP) is 2.05. The third kappa shape index (κ3) is 10.6. The molecule has 2 heteroatoms. The largest absolute Gasteiger partial charge is 0.481 e. The van der Waals surface area contributed by atoms with Crippen molar-refractivity contribution in [2.75, 3.05) is 0 Å². The van der Waals surface area contributed by atoms with Crippen molar-refractivity contribution in [1.82, 2.24) is 0 Å². The fraction of sp³-hybridized carbons (Fsp3) is 0.545. The fourth-order valence-corrected chi connectivity index (χ4v) is 0.666. The second kappa shape index (κ2) is 8.68. The average Bonchev–Trinajstić information content (AvgIpc) is 2.09. The van der Waals surface area contributed by atoms with E-state index in [-0.39, 0.29) is 6.42 Å². The van der Waals surface area contributed by atoms with Gasteiger partial charge in [-0.3, -0.25) is 4.79 Å². The molecule has 0 aromatic rings. The lowest BCUT2D eigenvalue weighted by atomic mass is 10.2. The van der Waals surface area contributed by atoms with Gasteiger partial charge in [0.2, 0.25) is 0 Å². The molecule has 0 fully saturated rings. The van der Waals surface area contributed by atoms with Crippen molar-refractivity contribution >= 4 is 5.97 Å². The molecular formula is C11H14O2. The van der Waals surface area contributed by atoms with Crippen LogP contribution in [0.5, 0.6) is 0 Å². The van der Waals surface area contributed by atoms with E-state index in [2.05, 4.69) is 30.6 Å². The Bertz CT molecular complexity index is 257. The van der Waals surface area contributed by atoms with Gasteiger partial charge in [0.25, 0.3) is 0 Å². The Morgan fingerprint density at radius 1 is 1.23 bits per heavy atom. The van der Waals surface area contributed by atoms with Gasteiger partial charge < -0.3 is 5.11 Å². The Morgan fingerprint density at radius 2 is 1.85 bits per heavy atom. The van der Waals surface area contributed by atoms with Gasteiger partial charge in [-0.1, -0.05) is 18.8 Å². The second-order valence-electron chi connectivity index (χ2n) is 2.60. The molecule has 0 rings (SSSR count). The molecule has 0 spiro atoms. The van der Waals surface area contributed by atoms with E-state index in [1.54, 1.807) is 0 Å². The highest BCUT2D eigenvalue weighted by Crippen LogP contribution is 1.92. The Labute approximate surface area is 79.3 Å². The SMILES string of the molecule is CCCC#CC#CCCCC(=O)O. The maximum absolute atomic E-state index is 10.1. The lowest BCUT2D eigenvalue weighted by molar-refractivity contribution is -0.137. The Hall–Kier alpha value is -1.41. The summed E-state index contributed by atoms with van der Waals surface area (Å²) in [5.74, 6) is 10.3. The average molecular weight is 178 g/mol. The van der Waals surface area contributed by atoms with Crippen LogP contribution in [-0.4, -0.2) is 11.1 Å². The maximum Gasteiger partial charge on any atom is 0.303 e. The number of rotatable bonds is 4. The van der Waals surface area contributed by atoms with Crippen molar-refractivity contribution in [1.29, 1.82) is 0 Å². The van der Waals surface area contributed by atoms with E-state index >= 15 is 0 Å². The van der Waals surface area contributed by atoms with Crippen molar-refractivity contribution < 1.29 is 9.90 Å². The molecular weight excluding hydrogens is 164 g/mol. The molecule has 0 saturated heterocycles. The first-order valence-corrected chi connectivity index (χ1v) is 4.45. The van der Waals surface area contributed by atoms with E-state index in [0.717, 1.165) is 12.8 Å². The van der Waals surface area contributed by atoms with Crippen LogP contribution in [0, 0.1) is 23.7 Å². The van der Waals surface area contributed by atoms with Crippen LogP contribution >= 0.6 is 0 Å². The monoisotopic (exact) mass is 178 g/mol. The first-order valence-electron chi connectivity index (χ1n) is 4.45. The first-order chi connectivity index (χ1) is 6.27. The molecule has 0 heterocycles. The molecule has 0 bridgehead atoms. The van der Waals surface area contributed by atoms with Crippen molar-refractivity contribution in [3.63, 3.8) is 0 Å². The molecule has 0 radical (unpaired) electrons. The summed E-state index contributed by atoms with van der Waals surface area (Å²) in [6.45, 7) is 2.06. The summed E-state index contributed by atoms with van der Waals surface area (Å²) in [5, 5.41) is 8.31. The van der Waals surface area contributed by atoms with E-state index in [4.69, 9.17) is 5.11 Å². The van der Waals surface area contributed by atoms with Crippen LogP contribution in [0.1, 0.15) is 39.0 Å². The molecule has 0 aromatic carbocycles. The molecule has 0 aliphatic heterocycles. The van der Waals surface area contributed by atoms with Crippen molar-refractivity contribution in [3.8, 4) is 23.7 Å². The highest BCUT2D eigenvalue weighted by atomic mass is 16.4. The van der Waals surface area contributed by atoms with E-state index in [9.17, 15) is 4.79 Å². The van der Waals surface area contributed by atoms with Crippen molar-refractivity contribution in [3.05, 3.63) is 0 Å². The number of aliphatic carboxylic acids is 1. The Kier molecular flexibility index (Phi) is 7.74. The smallest absolute Gasteiger partial charge is 0.303 e. The van der Waals surface area contributed by atoms with E-state index in [1.807, 2.05) is 0 Å². The minimum atomic E-state index is -0.765. The summed E-state index contributed by atoms with van der Waals surface area (Å²) >= 11 is 0. The highest BCUT2D eigenvalue weighted by molar-refractivity contribution is 5.66. The number of unbranched alkanes of at least 4 members (excludes halogenated alkanes) is 2.